The van der Waals surface area contributed by atoms with E-state index in [2.05, 4.69) is 0 Å². The van der Waals surface area contributed by atoms with Gasteiger partial charge >= 0.3 is 21.4 Å². The molecule has 0 bridgehead atoms. The molecule has 4 rings (SSSR count). The molecule has 0 unspecified atom stereocenters. The van der Waals surface area contributed by atoms with Gasteiger partial charge in [0.1, 0.15) is 11.5 Å². The number of hydrogen-bond donors (Lipinski definition) is 0. The van der Waals surface area contributed by atoms with Crippen molar-refractivity contribution in [3.63, 3.8) is 0 Å². The van der Waals surface area contributed by atoms with Gasteiger partial charge < -0.3 is 27.9 Å². The van der Waals surface area contributed by atoms with Gasteiger partial charge in [-0.2, -0.15) is 0 Å². The van der Waals surface area contributed by atoms with Crippen LogP contribution in [0.25, 0.3) is 0 Å². The maximum Gasteiger partial charge on any atom is 0.591 e. The zero-order valence-electron chi connectivity index (χ0n) is 16.0. The molecular weight excluding hydrogens is 321 g/mol. The molecule has 2 fully saturated rings. The first kappa shape index (κ1) is 21.9. The molecule has 3 aliphatic rings. The van der Waals surface area contributed by atoms with Gasteiger partial charge in [-0.15, -0.1) is 0 Å². The van der Waals surface area contributed by atoms with Crippen LogP contribution < -0.4 is 9.31 Å². The Morgan fingerprint density at radius 3 is 1.32 bits per heavy atom. The molecule has 3 aliphatic heterocycles. The molecule has 0 amide bonds. The summed E-state index contributed by atoms with van der Waals surface area (Å²) in [6.07, 6.45) is 1.05. The average molecular weight is 350 g/mol. The molecule has 0 aromatic heterocycles. The van der Waals surface area contributed by atoms with Crippen LogP contribution in [0.15, 0.2) is 24.3 Å². The van der Waals surface area contributed by atoms with Crippen molar-refractivity contribution in [3.8, 4) is 11.5 Å². The summed E-state index contributed by atoms with van der Waals surface area (Å²) in [5.74, 6) is 1.69. The maximum atomic E-state index is 5.28. The number of para-hydroxylation sites is 2. The fraction of sp³-hybridized carbons (Fsp3) is 0.625. The van der Waals surface area contributed by atoms with Crippen molar-refractivity contribution in [2.45, 2.75) is 40.7 Å². The molecule has 0 aliphatic carbocycles. The zero-order valence-corrected chi connectivity index (χ0v) is 16.0. The predicted molar refractivity (Wildman–Crippen MR) is 102 cm³/mol. The lowest BCUT2D eigenvalue weighted by Crippen LogP contribution is -2.25. The summed E-state index contributed by atoms with van der Waals surface area (Å²) in [6, 6.07) is 7.66. The summed E-state index contributed by atoms with van der Waals surface area (Å²) in [7, 11) is -0.0452. The second kappa shape index (κ2) is 13.1. The molecule has 9 heteroatoms. The van der Waals surface area contributed by atoms with Crippen LogP contribution in [0.1, 0.15) is 20.3 Å². The van der Waals surface area contributed by atoms with Gasteiger partial charge in [-0.3, -0.25) is 0 Å². The highest BCUT2D eigenvalue weighted by Crippen LogP contribution is 2.32. The van der Waals surface area contributed by atoms with Crippen LogP contribution in [0.3, 0.4) is 0 Å². The van der Waals surface area contributed by atoms with E-state index in [0.717, 1.165) is 44.3 Å². The first-order valence-electron chi connectivity index (χ1n) is 9.04. The van der Waals surface area contributed by atoms with Crippen molar-refractivity contribution < 1.29 is 27.9 Å². The molecule has 0 spiro atoms. The fourth-order valence-electron chi connectivity index (χ4n) is 2.11. The van der Waals surface area contributed by atoms with E-state index in [4.69, 9.17) is 27.9 Å². The molecular formula is C16H29B3O6. The van der Waals surface area contributed by atoms with Crippen LogP contribution in [0.5, 0.6) is 11.5 Å². The van der Waals surface area contributed by atoms with Gasteiger partial charge in [0.25, 0.3) is 0 Å². The monoisotopic (exact) mass is 350 g/mol. The molecule has 0 atom stereocenters. The zero-order chi connectivity index (χ0) is 18.5. The Morgan fingerprint density at radius 1 is 0.640 bits per heavy atom. The topological polar surface area (TPSA) is 55.4 Å². The van der Waals surface area contributed by atoms with Gasteiger partial charge in [-0.1, -0.05) is 26.0 Å². The molecule has 0 saturated carbocycles. The van der Waals surface area contributed by atoms with Crippen LogP contribution in [-0.2, 0) is 18.6 Å². The maximum absolute atomic E-state index is 5.28. The average Bonchev–Trinajstić information content (AvgIpc) is 3.26. The summed E-state index contributed by atoms with van der Waals surface area (Å²) in [4.78, 5) is 0. The van der Waals surface area contributed by atoms with Gasteiger partial charge in [0, 0.05) is 13.2 Å². The third kappa shape index (κ3) is 9.21. The lowest BCUT2D eigenvalue weighted by atomic mass is 9.94. The molecule has 0 radical (unpaired) electrons. The number of fused-ring (bicyclic) bond motifs is 1. The van der Waals surface area contributed by atoms with E-state index < -0.39 is 0 Å². The van der Waals surface area contributed by atoms with Crippen LogP contribution >= 0.6 is 0 Å². The Bertz CT molecular complexity index is 428. The molecule has 6 nitrogen and oxygen atoms in total. The normalized spacial score (nSPS) is 17.6. The van der Waals surface area contributed by atoms with Crippen LogP contribution in [0, 0.1) is 0 Å². The van der Waals surface area contributed by atoms with Crippen molar-refractivity contribution in [1.82, 2.24) is 0 Å². The van der Waals surface area contributed by atoms with E-state index in [1.807, 2.05) is 58.6 Å². The van der Waals surface area contributed by atoms with Gasteiger partial charge in [-0.05, 0) is 39.0 Å². The van der Waals surface area contributed by atoms with Gasteiger partial charge in [0.2, 0.25) is 0 Å². The highest BCUT2D eigenvalue weighted by molar-refractivity contribution is 6.45. The second-order valence-electron chi connectivity index (χ2n) is 5.22. The predicted octanol–water partition coefficient (Wildman–Crippen LogP) is 3.29. The van der Waals surface area contributed by atoms with Crippen molar-refractivity contribution in [1.29, 1.82) is 0 Å². The highest BCUT2D eigenvalue weighted by atomic mass is 16.6. The first-order valence-corrected chi connectivity index (χ1v) is 9.04. The van der Waals surface area contributed by atoms with E-state index >= 15 is 0 Å². The minimum Gasteiger partial charge on any atom is -0.523 e. The Morgan fingerprint density at radius 2 is 1.04 bits per heavy atom. The lowest BCUT2D eigenvalue weighted by Gasteiger charge is -2.15. The first-order chi connectivity index (χ1) is 12.1. The Hall–Kier alpha value is -1.15. The van der Waals surface area contributed by atoms with Gasteiger partial charge in [0.15, 0.2) is 0 Å². The second-order valence-corrected chi connectivity index (χ2v) is 5.22. The van der Waals surface area contributed by atoms with E-state index in [-0.39, 0.29) is 21.4 Å². The number of benzene rings is 1. The minimum atomic E-state index is -0.127. The molecule has 2 saturated heterocycles. The van der Waals surface area contributed by atoms with Gasteiger partial charge in [0.05, 0.1) is 13.2 Å². The Balaban J connectivity index is 0.000000185. The van der Waals surface area contributed by atoms with E-state index in [1.54, 1.807) is 0 Å². The summed E-state index contributed by atoms with van der Waals surface area (Å²) in [5, 5.41) is 0. The van der Waals surface area contributed by atoms with E-state index in [0.29, 0.717) is 0 Å². The molecule has 25 heavy (non-hydrogen) atoms. The number of rotatable bonds is 0. The van der Waals surface area contributed by atoms with E-state index in [1.165, 1.54) is 0 Å². The summed E-state index contributed by atoms with van der Waals surface area (Å²) in [6.45, 7) is 12.9. The molecule has 3 heterocycles. The number of hydrogen-bond acceptors (Lipinski definition) is 6. The highest BCUT2D eigenvalue weighted by Gasteiger charge is 2.24. The SMILES string of the molecule is CB1OCCCO1.CB1OCCO1.CB1Oc2ccccc2O1.CC. The third-order valence-electron chi connectivity index (χ3n) is 3.22. The van der Waals surface area contributed by atoms with Crippen LogP contribution in [0.2, 0.25) is 20.5 Å². The largest absolute Gasteiger partial charge is 0.591 e. The lowest BCUT2D eigenvalue weighted by molar-refractivity contribution is 0.138. The Kier molecular flexibility index (Phi) is 11.5. The van der Waals surface area contributed by atoms with Crippen LogP contribution in [0.4, 0.5) is 0 Å². The van der Waals surface area contributed by atoms with Crippen molar-refractivity contribution in [2.24, 2.45) is 0 Å². The standard InChI is InChI=1S/C7H7BO2.C4H9BO2.C3H7BO2.C2H6/c1-8-9-6-4-2-3-5-7(6)10-8;1-5-6-3-2-4-7-5;1-4-5-2-3-6-4;1-2/h2-5H,1H3;2-4H2,1H3;2-3H2,1H3;1-2H3. The molecule has 1 aromatic carbocycles. The minimum absolute atomic E-state index is 0.0359. The quantitative estimate of drug-likeness (QED) is 0.670. The van der Waals surface area contributed by atoms with Gasteiger partial charge in [-0.25, -0.2) is 0 Å². The van der Waals surface area contributed by atoms with Crippen molar-refractivity contribution in [2.75, 3.05) is 26.4 Å². The molecule has 1 aromatic rings. The smallest absolute Gasteiger partial charge is 0.523 e. The van der Waals surface area contributed by atoms with E-state index in [9.17, 15) is 0 Å². The molecule has 138 valence electrons. The summed E-state index contributed by atoms with van der Waals surface area (Å²) >= 11 is 0. The molecule has 0 N–H and O–H groups in total. The van der Waals surface area contributed by atoms with Crippen molar-refractivity contribution in [3.05, 3.63) is 24.3 Å². The van der Waals surface area contributed by atoms with Crippen molar-refractivity contribution >= 4 is 21.4 Å². The third-order valence-corrected chi connectivity index (χ3v) is 3.22. The fourth-order valence-corrected chi connectivity index (χ4v) is 2.11. The Labute approximate surface area is 152 Å². The summed E-state index contributed by atoms with van der Waals surface area (Å²) in [5.41, 5.74) is 0. The summed E-state index contributed by atoms with van der Waals surface area (Å²) < 4.78 is 30.5. The van der Waals surface area contributed by atoms with Crippen LogP contribution in [-0.4, -0.2) is 47.8 Å².